The van der Waals surface area contributed by atoms with Crippen LogP contribution in [0.1, 0.15) is 70.7 Å². The monoisotopic (exact) mass is 350 g/mol. The van der Waals surface area contributed by atoms with Gasteiger partial charge >= 0.3 is 5.76 Å². The lowest BCUT2D eigenvalue weighted by atomic mass is 9.79. The number of nitrogens with zero attached hydrogens (tertiary/aromatic N) is 1. The van der Waals surface area contributed by atoms with Crippen molar-refractivity contribution >= 4 is 11.8 Å². The topological polar surface area (TPSA) is 79.1 Å². The van der Waals surface area contributed by atoms with Crippen molar-refractivity contribution in [3.8, 4) is 5.75 Å². The minimum atomic E-state index is -0.547. The zero-order chi connectivity index (χ0) is 18.3. The molecule has 0 saturated carbocycles. The molecule has 132 valence electrons. The van der Waals surface area contributed by atoms with Gasteiger partial charge in [-0.1, -0.05) is 41.5 Å². The molecule has 2 aromatic rings. The van der Waals surface area contributed by atoms with Gasteiger partial charge in [-0.15, -0.1) is 16.9 Å². The second-order valence-electron chi connectivity index (χ2n) is 8.08. The standard InChI is InChI=1S/C18H26N2O3S/c1-10(15-19-20-16(22)23-15)24-11-8-12(17(2,3)4)14(21)13(9-11)18(5,6)7/h8-10,21H,1-7H3,(H,20,22). The smallest absolute Gasteiger partial charge is 0.434 e. The first-order valence-electron chi connectivity index (χ1n) is 7.99. The van der Waals surface area contributed by atoms with Crippen LogP contribution in [0, 0.1) is 0 Å². The third-order valence-corrected chi connectivity index (χ3v) is 4.88. The number of phenolic OH excluding ortho intramolecular Hbond substituents is 1. The Labute approximate surface area is 146 Å². The van der Waals surface area contributed by atoms with Gasteiger partial charge in [-0.25, -0.2) is 9.89 Å². The molecule has 0 radical (unpaired) electrons. The van der Waals surface area contributed by atoms with Crippen molar-refractivity contribution in [1.82, 2.24) is 10.2 Å². The molecule has 1 heterocycles. The maximum absolute atomic E-state index is 11.1. The van der Waals surface area contributed by atoms with E-state index in [9.17, 15) is 9.90 Å². The van der Waals surface area contributed by atoms with Gasteiger partial charge in [0, 0.05) is 16.0 Å². The molecule has 2 rings (SSSR count). The number of aromatic hydroxyl groups is 1. The van der Waals surface area contributed by atoms with E-state index in [0.717, 1.165) is 16.0 Å². The Morgan fingerprint density at radius 1 is 1.12 bits per heavy atom. The SMILES string of the molecule is CC(Sc1cc(C(C)(C)C)c(O)c(C(C)(C)C)c1)c1n[nH]c(=O)o1. The predicted octanol–water partition coefficient (Wildman–Crippen LogP) is 4.52. The summed E-state index contributed by atoms with van der Waals surface area (Å²) >= 11 is 1.55. The Kier molecular flexibility index (Phi) is 4.91. The average Bonchev–Trinajstić information content (AvgIpc) is 2.84. The number of rotatable bonds is 3. The van der Waals surface area contributed by atoms with Crippen molar-refractivity contribution in [2.75, 3.05) is 0 Å². The van der Waals surface area contributed by atoms with Gasteiger partial charge in [0.25, 0.3) is 0 Å². The summed E-state index contributed by atoms with van der Waals surface area (Å²) in [5.74, 6) is 0.180. The largest absolute Gasteiger partial charge is 0.507 e. The molecule has 5 nitrogen and oxygen atoms in total. The quantitative estimate of drug-likeness (QED) is 0.796. The van der Waals surface area contributed by atoms with Crippen molar-refractivity contribution < 1.29 is 9.52 Å². The van der Waals surface area contributed by atoms with Crippen LogP contribution >= 0.6 is 11.8 Å². The fraction of sp³-hybridized carbons (Fsp3) is 0.556. The summed E-state index contributed by atoms with van der Waals surface area (Å²) in [6.07, 6.45) is 0. The van der Waals surface area contributed by atoms with Crippen molar-refractivity contribution in [2.24, 2.45) is 0 Å². The number of hydrogen-bond acceptors (Lipinski definition) is 5. The molecular weight excluding hydrogens is 324 g/mol. The highest BCUT2D eigenvalue weighted by Gasteiger charge is 2.27. The molecule has 1 aromatic heterocycles. The van der Waals surface area contributed by atoms with Crippen LogP contribution in [0.15, 0.2) is 26.2 Å². The summed E-state index contributed by atoms with van der Waals surface area (Å²) in [6, 6.07) is 4.02. The molecule has 0 bridgehead atoms. The minimum absolute atomic E-state index is 0.117. The summed E-state index contributed by atoms with van der Waals surface area (Å²) in [5.41, 5.74) is 1.46. The van der Waals surface area contributed by atoms with Crippen LogP contribution in [0.5, 0.6) is 5.75 Å². The number of aromatic amines is 1. The molecule has 24 heavy (non-hydrogen) atoms. The lowest BCUT2D eigenvalue weighted by molar-refractivity contribution is 0.422. The Balaban J connectivity index is 2.48. The number of H-pyrrole nitrogens is 1. The van der Waals surface area contributed by atoms with Crippen LogP contribution < -0.4 is 5.76 Å². The minimum Gasteiger partial charge on any atom is -0.507 e. The van der Waals surface area contributed by atoms with Gasteiger partial charge in [0.05, 0.1) is 5.25 Å². The normalized spacial score (nSPS) is 14.0. The van der Waals surface area contributed by atoms with Gasteiger partial charge < -0.3 is 9.52 Å². The van der Waals surface area contributed by atoms with E-state index in [-0.39, 0.29) is 16.1 Å². The third kappa shape index (κ3) is 4.04. The van der Waals surface area contributed by atoms with Crippen LogP contribution in [0.2, 0.25) is 0 Å². The molecule has 1 unspecified atom stereocenters. The second-order valence-corrected chi connectivity index (χ2v) is 9.49. The van der Waals surface area contributed by atoms with Gasteiger partial charge in [-0.3, -0.25) is 0 Å². The van der Waals surface area contributed by atoms with Gasteiger partial charge in [0.15, 0.2) is 0 Å². The van der Waals surface area contributed by atoms with Gasteiger partial charge in [-0.2, -0.15) is 0 Å². The first-order valence-corrected chi connectivity index (χ1v) is 8.87. The fourth-order valence-electron chi connectivity index (χ4n) is 2.49. The van der Waals surface area contributed by atoms with Crippen LogP contribution in [-0.2, 0) is 10.8 Å². The van der Waals surface area contributed by atoms with Crippen molar-refractivity contribution in [3.63, 3.8) is 0 Å². The molecule has 1 atom stereocenters. The summed E-state index contributed by atoms with van der Waals surface area (Å²) in [5, 5.41) is 16.8. The highest BCUT2D eigenvalue weighted by atomic mass is 32.2. The molecule has 1 aromatic carbocycles. The average molecular weight is 350 g/mol. The van der Waals surface area contributed by atoms with Crippen LogP contribution in [0.25, 0.3) is 0 Å². The predicted molar refractivity (Wildman–Crippen MR) is 96.9 cm³/mol. The molecule has 0 spiro atoms. The maximum atomic E-state index is 11.1. The van der Waals surface area contributed by atoms with Crippen LogP contribution in [0.3, 0.4) is 0 Å². The number of hydrogen-bond donors (Lipinski definition) is 2. The van der Waals surface area contributed by atoms with Crippen LogP contribution in [0.4, 0.5) is 0 Å². The van der Waals surface area contributed by atoms with E-state index in [4.69, 9.17) is 4.42 Å². The number of thioether (sulfide) groups is 1. The highest BCUT2D eigenvalue weighted by Crippen LogP contribution is 2.44. The Bertz CT molecular complexity index is 744. The number of phenols is 1. The van der Waals surface area contributed by atoms with Crippen molar-refractivity contribution in [3.05, 3.63) is 39.7 Å². The molecule has 6 heteroatoms. The molecule has 2 N–H and O–H groups in total. The number of benzene rings is 1. The molecule has 0 aliphatic carbocycles. The maximum Gasteiger partial charge on any atom is 0.434 e. The number of nitrogens with one attached hydrogen (secondary N) is 1. The summed E-state index contributed by atoms with van der Waals surface area (Å²) in [7, 11) is 0. The molecular formula is C18H26N2O3S. The van der Waals surface area contributed by atoms with E-state index in [1.807, 2.05) is 19.1 Å². The Morgan fingerprint density at radius 3 is 2.00 bits per heavy atom. The fourth-order valence-corrected chi connectivity index (χ4v) is 3.47. The molecule has 0 aliphatic heterocycles. The lowest BCUT2D eigenvalue weighted by Crippen LogP contribution is -2.17. The molecule has 0 aliphatic rings. The first kappa shape index (κ1) is 18.6. The van der Waals surface area contributed by atoms with E-state index in [0.29, 0.717) is 11.6 Å². The van der Waals surface area contributed by atoms with E-state index in [2.05, 4.69) is 51.7 Å². The lowest BCUT2D eigenvalue weighted by Gasteiger charge is -2.28. The second kappa shape index (κ2) is 6.31. The third-order valence-electron chi connectivity index (χ3n) is 3.81. The van der Waals surface area contributed by atoms with Gasteiger partial charge in [0.2, 0.25) is 5.89 Å². The zero-order valence-electron chi connectivity index (χ0n) is 15.4. The van der Waals surface area contributed by atoms with Gasteiger partial charge in [-0.05, 0) is 29.9 Å². The summed E-state index contributed by atoms with van der Waals surface area (Å²) in [6.45, 7) is 14.4. The van der Waals surface area contributed by atoms with Gasteiger partial charge in [0.1, 0.15) is 5.75 Å². The van der Waals surface area contributed by atoms with E-state index in [1.165, 1.54) is 0 Å². The highest BCUT2D eigenvalue weighted by molar-refractivity contribution is 7.99. The Hall–Kier alpha value is -1.69. The zero-order valence-corrected chi connectivity index (χ0v) is 16.2. The molecule has 0 fully saturated rings. The van der Waals surface area contributed by atoms with Crippen molar-refractivity contribution in [2.45, 2.75) is 69.4 Å². The van der Waals surface area contributed by atoms with E-state index < -0.39 is 5.76 Å². The molecule has 0 saturated heterocycles. The van der Waals surface area contributed by atoms with E-state index >= 15 is 0 Å². The first-order chi connectivity index (χ1) is 10.9. The summed E-state index contributed by atoms with van der Waals surface area (Å²) in [4.78, 5) is 12.2. The van der Waals surface area contributed by atoms with Crippen LogP contribution in [-0.4, -0.2) is 15.3 Å². The summed E-state index contributed by atoms with van der Waals surface area (Å²) < 4.78 is 5.04. The van der Waals surface area contributed by atoms with E-state index in [1.54, 1.807) is 11.8 Å². The van der Waals surface area contributed by atoms with Crippen molar-refractivity contribution in [1.29, 1.82) is 0 Å². The molecule has 0 amide bonds. The Morgan fingerprint density at radius 2 is 1.62 bits per heavy atom. The number of aromatic nitrogens is 2.